The standard InChI is InChI=1S/C19H18F4N4O3/c1-10(28)26-3-2-13(9-26)30-16-5-12-8-27(7-11(12)4-14(16)20)15-6-24-25-18(29)17(15)19(21,22)23/h4-6,13,17H,2-3,7-9H2,1H3. The number of hydrogen-bond donors (Lipinski definition) is 0. The summed E-state index contributed by atoms with van der Waals surface area (Å²) in [7, 11) is 0. The Morgan fingerprint density at radius 2 is 1.93 bits per heavy atom. The molecule has 30 heavy (non-hydrogen) atoms. The van der Waals surface area contributed by atoms with Gasteiger partial charge in [0.15, 0.2) is 17.5 Å². The molecule has 4 rings (SSSR count). The van der Waals surface area contributed by atoms with Gasteiger partial charge in [-0.15, -0.1) is 5.11 Å². The largest absolute Gasteiger partial charge is 0.485 e. The Labute approximate surface area is 169 Å². The van der Waals surface area contributed by atoms with Gasteiger partial charge in [-0.1, -0.05) is 0 Å². The molecule has 1 aromatic carbocycles. The maximum absolute atomic E-state index is 14.5. The summed E-state index contributed by atoms with van der Waals surface area (Å²) in [6.45, 7) is 2.39. The number of fused-ring (bicyclic) bond motifs is 1. The highest BCUT2D eigenvalue weighted by Crippen LogP contribution is 2.40. The molecule has 1 fully saturated rings. The molecule has 1 aromatic rings. The third-order valence-corrected chi connectivity index (χ3v) is 5.44. The second-order valence-electron chi connectivity index (χ2n) is 7.48. The molecular weight excluding hydrogens is 408 g/mol. The van der Waals surface area contributed by atoms with Crippen molar-refractivity contribution in [1.29, 1.82) is 0 Å². The van der Waals surface area contributed by atoms with Crippen molar-refractivity contribution in [2.45, 2.75) is 38.7 Å². The van der Waals surface area contributed by atoms with Crippen LogP contribution in [0.5, 0.6) is 5.75 Å². The summed E-state index contributed by atoms with van der Waals surface area (Å²) < 4.78 is 60.4. The molecule has 2 atom stereocenters. The van der Waals surface area contributed by atoms with Crippen LogP contribution in [0.25, 0.3) is 0 Å². The Bertz CT molecular complexity index is 960. The topological polar surface area (TPSA) is 74.6 Å². The molecule has 11 heteroatoms. The number of hydrogen-bond acceptors (Lipinski definition) is 5. The normalized spacial score (nSPS) is 23.6. The molecule has 3 aliphatic rings. The van der Waals surface area contributed by atoms with Gasteiger partial charge in [-0.25, -0.2) is 4.39 Å². The minimum absolute atomic E-state index is 0.00763. The van der Waals surface area contributed by atoms with Crippen molar-refractivity contribution >= 4 is 11.8 Å². The average molecular weight is 426 g/mol. The number of carbonyl (C=O) groups excluding carboxylic acids is 2. The number of alkyl halides is 3. The first-order valence-corrected chi connectivity index (χ1v) is 9.33. The van der Waals surface area contributed by atoms with Crippen LogP contribution in [-0.4, -0.2) is 47.0 Å². The molecule has 0 bridgehead atoms. The van der Waals surface area contributed by atoms with Gasteiger partial charge in [-0.05, 0) is 23.3 Å². The molecule has 2 amide bonds. The fourth-order valence-corrected chi connectivity index (χ4v) is 3.94. The summed E-state index contributed by atoms with van der Waals surface area (Å²) in [6.07, 6.45) is -3.67. The predicted octanol–water partition coefficient (Wildman–Crippen LogP) is 3.15. The molecule has 0 saturated carbocycles. The van der Waals surface area contributed by atoms with Crippen molar-refractivity contribution in [3.05, 3.63) is 41.0 Å². The number of carbonyl (C=O) groups is 2. The Morgan fingerprint density at radius 1 is 1.23 bits per heavy atom. The number of amides is 2. The van der Waals surface area contributed by atoms with E-state index in [1.807, 2.05) is 0 Å². The van der Waals surface area contributed by atoms with Crippen LogP contribution in [0.15, 0.2) is 34.3 Å². The molecule has 0 N–H and O–H groups in total. The highest BCUT2D eigenvalue weighted by Gasteiger charge is 2.50. The Balaban J connectivity index is 1.52. The third kappa shape index (κ3) is 3.75. The first-order valence-electron chi connectivity index (χ1n) is 9.33. The number of halogens is 4. The summed E-state index contributed by atoms with van der Waals surface area (Å²) in [5.74, 6) is -4.48. The van der Waals surface area contributed by atoms with Crippen molar-refractivity contribution in [2.75, 3.05) is 13.1 Å². The minimum atomic E-state index is -4.80. The molecule has 0 radical (unpaired) electrons. The molecule has 0 aromatic heterocycles. The maximum Gasteiger partial charge on any atom is 0.406 e. The van der Waals surface area contributed by atoms with Crippen molar-refractivity contribution < 1.29 is 31.9 Å². The molecule has 0 spiro atoms. The van der Waals surface area contributed by atoms with Crippen LogP contribution < -0.4 is 4.74 Å². The monoisotopic (exact) mass is 426 g/mol. The quantitative estimate of drug-likeness (QED) is 0.696. The second-order valence-corrected chi connectivity index (χ2v) is 7.48. The maximum atomic E-state index is 14.5. The van der Waals surface area contributed by atoms with Crippen LogP contribution in [0, 0.1) is 11.7 Å². The number of nitrogens with zero attached hydrogens (tertiary/aromatic N) is 4. The zero-order valence-corrected chi connectivity index (χ0v) is 15.9. The first kappa shape index (κ1) is 20.3. The van der Waals surface area contributed by atoms with Gasteiger partial charge in [-0.3, -0.25) is 9.59 Å². The molecule has 3 aliphatic heterocycles. The van der Waals surface area contributed by atoms with Crippen LogP contribution in [0.4, 0.5) is 17.6 Å². The number of rotatable bonds is 3. The summed E-state index contributed by atoms with van der Waals surface area (Å²) in [6, 6.07) is 2.70. The summed E-state index contributed by atoms with van der Waals surface area (Å²) >= 11 is 0. The second kappa shape index (κ2) is 7.37. The van der Waals surface area contributed by atoms with Gasteiger partial charge in [0.05, 0.1) is 18.4 Å². The number of ether oxygens (including phenoxy) is 1. The van der Waals surface area contributed by atoms with Crippen LogP contribution in [0.3, 0.4) is 0 Å². The average Bonchev–Trinajstić information content (AvgIpc) is 3.27. The van der Waals surface area contributed by atoms with Crippen molar-refractivity contribution in [1.82, 2.24) is 9.80 Å². The predicted molar refractivity (Wildman–Crippen MR) is 94.4 cm³/mol. The van der Waals surface area contributed by atoms with Crippen LogP contribution in [0.2, 0.25) is 0 Å². The van der Waals surface area contributed by atoms with E-state index in [0.29, 0.717) is 30.6 Å². The molecule has 2 unspecified atom stereocenters. The third-order valence-electron chi connectivity index (χ3n) is 5.44. The molecule has 7 nitrogen and oxygen atoms in total. The molecule has 1 saturated heterocycles. The fourth-order valence-electron chi connectivity index (χ4n) is 3.94. The van der Waals surface area contributed by atoms with Gasteiger partial charge < -0.3 is 14.5 Å². The van der Waals surface area contributed by atoms with Crippen molar-refractivity contribution in [2.24, 2.45) is 16.1 Å². The molecule has 160 valence electrons. The highest BCUT2D eigenvalue weighted by atomic mass is 19.4. The van der Waals surface area contributed by atoms with Crippen LogP contribution in [0.1, 0.15) is 24.5 Å². The van der Waals surface area contributed by atoms with Gasteiger partial charge in [-0.2, -0.15) is 18.3 Å². The Hall–Kier alpha value is -2.98. The zero-order chi connectivity index (χ0) is 21.6. The summed E-state index contributed by atoms with van der Waals surface area (Å²) in [4.78, 5) is 26.1. The van der Waals surface area contributed by atoms with E-state index in [-0.39, 0.29) is 36.5 Å². The van der Waals surface area contributed by atoms with Crippen molar-refractivity contribution in [3.63, 3.8) is 0 Å². The summed E-state index contributed by atoms with van der Waals surface area (Å²) in [5, 5.41) is 6.38. The van der Waals surface area contributed by atoms with Crippen LogP contribution >= 0.6 is 0 Å². The minimum Gasteiger partial charge on any atom is -0.485 e. The Kier molecular flexibility index (Phi) is 4.99. The van der Waals surface area contributed by atoms with E-state index in [1.54, 1.807) is 4.90 Å². The number of azo groups is 1. The smallest absolute Gasteiger partial charge is 0.406 e. The lowest BCUT2D eigenvalue weighted by Gasteiger charge is -2.28. The molecule has 0 aliphatic carbocycles. The van der Waals surface area contributed by atoms with Gasteiger partial charge in [0.1, 0.15) is 6.10 Å². The Morgan fingerprint density at radius 3 is 2.57 bits per heavy atom. The fraction of sp³-hybridized carbons (Fsp3) is 0.474. The van der Waals surface area contributed by atoms with E-state index in [0.717, 1.165) is 6.20 Å². The van der Waals surface area contributed by atoms with Crippen LogP contribution in [-0.2, 0) is 22.7 Å². The lowest BCUT2D eigenvalue weighted by molar-refractivity contribution is -0.177. The number of likely N-dealkylation sites (tertiary alicyclic amines) is 1. The van der Waals surface area contributed by atoms with E-state index in [1.165, 1.54) is 24.0 Å². The number of benzene rings is 1. The molecular formula is C19H18F4N4O3. The SMILES string of the molecule is CC(=O)N1CCC(Oc2cc3c(cc2F)CN(C2=CN=NC(=O)C2C(F)(F)F)C3)C1. The zero-order valence-electron chi connectivity index (χ0n) is 15.9. The lowest BCUT2D eigenvalue weighted by atomic mass is 10.0. The van der Waals surface area contributed by atoms with Gasteiger partial charge in [0.25, 0.3) is 5.91 Å². The van der Waals surface area contributed by atoms with Gasteiger partial charge in [0, 0.05) is 33.0 Å². The van der Waals surface area contributed by atoms with Gasteiger partial charge in [0.2, 0.25) is 5.91 Å². The van der Waals surface area contributed by atoms with Crippen molar-refractivity contribution in [3.8, 4) is 5.75 Å². The summed E-state index contributed by atoms with van der Waals surface area (Å²) in [5.41, 5.74) is 0.799. The van der Waals surface area contributed by atoms with Gasteiger partial charge >= 0.3 is 6.18 Å². The van der Waals surface area contributed by atoms with E-state index in [4.69, 9.17) is 4.74 Å². The van der Waals surface area contributed by atoms with E-state index in [9.17, 15) is 27.2 Å². The van der Waals surface area contributed by atoms with E-state index >= 15 is 0 Å². The lowest BCUT2D eigenvalue weighted by Crippen LogP contribution is -2.38. The van der Waals surface area contributed by atoms with E-state index in [2.05, 4.69) is 10.2 Å². The first-order chi connectivity index (χ1) is 14.1. The molecule has 3 heterocycles. The van der Waals surface area contributed by atoms with E-state index < -0.39 is 23.8 Å². The highest BCUT2D eigenvalue weighted by molar-refractivity contribution is 5.83.